The van der Waals surface area contributed by atoms with Crippen LogP contribution in [0, 0.1) is 6.92 Å². The molecule has 0 amide bonds. The summed E-state index contributed by atoms with van der Waals surface area (Å²) in [6.07, 6.45) is 0. The van der Waals surface area contributed by atoms with E-state index in [-0.39, 0.29) is 0 Å². The fourth-order valence-corrected chi connectivity index (χ4v) is 3.53. The molecule has 2 aromatic carbocycles. The SMILES string of the molecule is Cc1cccc(N2CCN(Cc3nc4ccccc4n3C)CC2)c1. The molecule has 1 fully saturated rings. The number of para-hydroxylation sites is 2. The highest BCUT2D eigenvalue weighted by molar-refractivity contribution is 5.75. The van der Waals surface area contributed by atoms with E-state index in [1.807, 2.05) is 0 Å². The number of rotatable bonds is 3. The number of imidazole rings is 1. The second-order valence-electron chi connectivity index (χ2n) is 6.68. The van der Waals surface area contributed by atoms with E-state index in [1.165, 1.54) is 16.8 Å². The summed E-state index contributed by atoms with van der Waals surface area (Å²) in [4.78, 5) is 9.79. The average Bonchev–Trinajstić information content (AvgIpc) is 2.92. The van der Waals surface area contributed by atoms with Crippen LogP contribution in [0.3, 0.4) is 0 Å². The summed E-state index contributed by atoms with van der Waals surface area (Å²) in [5, 5.41) is 0. The predicted octanol–water partition coefficient (Wildman–Crippen LogP) is 3.20. The van der Waals surface area contributed by atoms with Crippen LogP contribution in [0.1, 0.15) is 11.4 Å². The van der Waals surface area contributed by atoms with Gasteiger partial charge in [0.2, 0.25) is 0 Å². The number of fused-ring (bicyclic) bond motifs is 1. The summed E-state index contributed by atoms with van der Waals surface area (Å²) in [5.41, 5.74) is 4.98. The van der Waals surface area contributed by atoms with Crippen molar-refractivity contribution in [1.82, 2.24) is 14.5 Å². The third-order valence-electron chi connectivity index (χ3n) is 4.98. The fourth-order valence-electron chi connectivity index (χ4n) is 3.53. The number of benzene rings is 2. The molecular formula is C20H24N4. The molecule has 24 heavy (non-hydrogen) atoms. The second kappa shape index (κ2) is 6.29. The molecule has 0 bridgehead atoms. The Labute approximate surface area is 143 Å². The molecule has 0 radical (unpaired) electrons. The molecule has 1 saturated heterocycles. The zero-order chi connectivity index (χ0) is 16.5. The number of hydrogen-bond acceptors (Lipinski definition) is 3. The summed E-state index contributed by atoms with van der Waals surface area (Å²) in [6.45, 7) is 7.40. The van der Waals surface area contributed by atoms with E-state index in [0.717, 1.165) is 44.1 Å². The Morgan fingerprint density at radius 2 is 1.75 bits per heavy atom. The van der Waals surface area contributed by atoms with Gasteiger partial charge < -0.3 is 9.47 Å². The van der Waals surface area contributed by atoms with E-state index in [4.69, 9.17) is 4.98 Å². The first kappa shape index (κ1) is 15.2. The molecule has 124 valence electrons. The number of anilines is 1. The van der Waals surface area contributed by atoms with Crippen LogP contribution >= 0.6 is 0 Å². The van der Waals surface area contributed by atoms with Gasteiger partial charge in [-0.1, -0.05) is 24.3 Å². The van der Waals surface area contributed by atoms with Gasteiger partial charge in [-0.3, -0.25) is 4.90 Å². The zero-order valence-corrected chi connectivity index (χ0v) is 14.4. The van der Waals surface area contributed by atoms with E-state index in [1.54, 1.807) is 0 Å². The highest BCUT2D eigenvalue weighted by atomic mass is 15.3. The van der Waals surface area contributed by atoms with Crippen LogP contribution in [-0.2, 0) is 13.6 Å². The first-order valence-corrected chi connectivity index (χ1v) is 8.65. The molecule has 0 atom stereocenters. The Kier molecular flexibility index (Phi) is 3.98. The van der Waals surface area contributed by atoms with Gasteiger partial charge in [0.05, 0.1) is 17.6 Å². The number of piperazine rings is 1. The molecule has 4 rings (SSSR count). The van der Waals surface area contributed by atoms with Gasteiger partial charge in [0.15, 0.2) is 0 Å². The van der Waals surface area contributed by atoms with Gasteiger partial charge in [0.25, 0.3) is 0 Å². The highest BCUT2D eigenvalue weighted by Gasteiger charge is 2.19. The van der Waals surface area contributed by atoms with Crippen LogP contribution < -0.4 is 4.90 Å². The number of hydrogen-bond donors (Lipinski definition) is 0. The van der Waals surface area contributed by atoms with Gasteiger partial charge in [0, 0.05) is 38.9 Å². The molecule has 0 N–H and O–H groups in total. The highest BCUT2D eigenvalue weighted by Crippen LogP contribution is 2.20. The average molecular weight is 320 g/mol. The topological polar surface area (TPSA) is 24.3 Å². The Morgan fingerprint density at radius 3 is 2.50 bits per heavy atom. The van der Waals surface area contributed by atoms with Crippen molar-refractivity contribution in [2.24, 2.45) is 7.05 Å². The molecule has 4 nitrogen and oxygen atoms in total. The van der Waals surface area contributed by atoms with Crippen LogP contribution in [0.4, 0.5) is 5.69 Å². The molecule has 3 aromatic rings. The van der Waals surface area contributed by atoms with Crippen molar-refractivity contribution in [2.45, 2.75) is 13.5 Å². The quantitative estimate of drug-likeness (QED) is 0.741. The van der Waals surface area contributed by atoms with Crippen molar-refractivity contribution in [2.75, 3.05) is 31.1 Å². The maximum Gasteiger partial charge on any atom is 0.123 e. The van der Waals surface area contributed by atoms with Crippen LogP contribution in [0.5, 0.6) is 0 Å². The van der Waals surface area contributed by atoms with Crippen LogP contribution in [0.15, 0.2) is 48.5 Å². The Hall–Kier alpha value is -2.33. The molecule has 1 aliphatic rings. The van der Waals surface area contributed by atoms with Crippen LogP contribution in [0.25, 0.3) is 11.0 Å². The molecule has 0 saturated carbocycles. The lowest BCUT2D eigenvalue weighted by molar-refractivity contribution is 0.242. The second-order valence-corrected chi connectivity index (χ2v) is 6.68. The van der Waals surface area contributed by atoms with Gasteiger partial charge in [-0.15, -0.1) is 0 Å². The van der Waals surface area contributed by atoms with Crippen molar-refractivity contribution in [3.63, 3.8) is 0 Å². The van der Waals surface area contributed by atoms with Crippen molar-refractivity contribution < 1.29 is 0 Å². The standard InChI is InChI=1S/C20H24N4/c1-16-6-5-7-17(14-16)24-12-10-23(11-13-24)15-20-21-18-8-3-4-9-19(18)22(20)2/h3-9,14H,10-13,15H2,1-2H3. The van der Waals surface area contributed by atoms with E-state index < -0.39 is 0 Å². The summed E-state index contributed by atoms with van der Waals surface area (Å²) in [5.74, 6) is 1.15. The normalized spacial score (nSPS) is 16.0. The lowest BCUT2D eigenvalue weighted by Crippen LogP contribution is -2.46. The van der Waals surface area contributed by atoms with Crippen molar-refractivity contribution in [1.29, 1.82) is 0 Å². The van der Waals surface area contributed by atoms with Crippen LogP contribution in [0.2, 0.25) is 0 Å². The molecule has 1 aliphatic heterocycles. The van der Waals surface area contributed by atoms with Crippen molar-refractivity contribution >= 4 is 16.7 Å². The number of nitrogens with zero attached hydrogens (tertiary/aromatic N) is 4. The predicted molar refractivity (Wildman–Crippen MR) is 99.4 cm³/mol. The van der Waals surface area contributed by atoms with E-state index in [9.17, 15) is 0 Å². The van der Waals surface area contributed by atoms with Crippen molar-refractivity contribution in [3.05, 3.63) is 59.9 Å². The van der Waals surface area contributed by atoms with Gasteiger partial charge in [-0.25, -0.2) is 4.98 Å². The maximum absolute atomic E-state index is 4.80. The van der Waals surface area contributed by atoms with Gasteiger partial charge in [-0.2, -0.15) is 0 Å². The lowest BCUT2D eigenvalue weighted by atomic mass is 10.2. The molecule has 0 aliphatic carbocycles. The summed E-state index contributed by atoms with van der Waals surface area (Å²) >= 11 is 0. The first-order chi connectivity index (χ1) is 11.7. The third kappa shape index (κ3) is 2.89. The number of aromatic nitrogens is 2. The minimum atomic E-state index is 0.923. The Bertz CT molecular complexity index is 844. The van der Waals surface area contributed by atoms with E-state index in [0.29, 0.717) is 0 Å². The zero-order valence-electron chi connectivity index (χ0n) is 14.4. The first-order valence-electron chi connectivity index (χ1n) is 8.65. The molecular weight excluding hydrogens is 296 g/mol. The number of aryl methyl sites for hydroxylation is 2. The Morgan fingerprint density at radius 1 is 0.958 bits per heavy atom. The molecule has 0 unspecified atom stereocenters. The summed E-state index contributed by atoms with van der Waals surface area (Å²) in [7, 11) is 2.12. The smallest absolute Gasteiger partial charge is 0.123 e. The van der Waals surface area contributed by atoms with Gasteiger partial charge in [-0.05, 0) is 36.8 Å². The molecule has 2 heterocycles. The fraction of sp³-hybridized carbons (Fsp3) is 0.350. The Balaban J connectivity index is 1.43. The van der Waals surface area contributed by atoms with E-state index >= 15 is 0 Å². The summed E-state index contributed by atoms with van der Waals surface area (Å²) < 4.78 is 2.22. The monoisotopic (exact) mass is 320 g/mol. The summed E-state index contributed by atoms with van der Waals surface area (Å²) in [6, 6.07) is 17.2. The minimum Gasteiger partial charge on any atom is -0.369 e. The van der Waals surface area contributed by atoms with Crippen molar-refractivity contribution in [3.8, 4) is 0 Å². The maximum atomic E-state index is 4.80. The van der Waals surface area contributed by atoms with Crippen LogP contribution in [-0.4, -0.2) is 40.6 Å². The van der Waals surface area contributed by atoms with Gasteiger partial charge in [0.1, 0.15) is 5.82 Å². The molecule has 4 heteroatoms. The largest absolute Gasteiger partial charge is 0.369 e. The molecule has 1 aromatic heterocycles. The third-order valence-corrected chi connectivity index (χ3v) is 4.98. The van der Waals surface area contributed by atoms with Gasteiger partial charge >= 0.3 is 0 Å². The lowest BCUT2D eigenvalue weighted by Gasteiger charge is -2.36. The van der Waals surface area contributed by atoms with E-state index in [2.05, 4.69) is 76.9 Å². The molecule has 0 spiro atoms. The minimum absolute atomic E-state index is 0.923.